The summed E-state index contributed by atoms with van der Waals surface area (Å²) in [5.41, 5.74) is 2.83. The number of hydrogen-bond donors (Lipinski definition) is 2. The van der Waals surface area contributed by atoms with Crippen LogP contribution in [0.4, 0.5) is 0 Å². The van der Waals surface area contributed by atoms with Gasteiger partial charge in [-0.25, -0.2) is 0 Å². The zero-order valence-corrected chi connectivity index (χ0v) is 27.0. The summed E-state index contributed by atoms with van der Waals surface area (Å²) in [4.78, 5) is 0. The number of methoxy groups -OCH3 is 2. The van der Waals surface area contributed by atoms with E-state index < -0.39 is 0 Å². The Kier molecular flexibility index (Phi) is 9.52. The molecule has 2 fully saturated rings. The van der Waals surface area contributed by atoms with Gasteiger partial charge in [-0.15, -0.1) is 0 Å². The maximum Gasteiger partial charge on any atom is -1.00 e. The van der Waals surface area contributed by atoms with Crippen LogP contribution < -0.4 is 33.5 Å². The molecule has 0 amide bonds. The second-order valence-electron chi connectivity index (χ2n) is 12.1. The van der Waals surface area contributed by atoms with Crippen molar-refractivity contribution >= 4 is 12.4 Å². The Hall–Kier alpha value is -1.78. The van der Waals surface area contributed by atoms with E-state index in [9.17, 15) is 10.2 Å². The normalized spacial score (nSPS) is 22.0. The number of benzene rings is 2. The average Bonchev–Trinajstić information content (AvgIpc) is 3.17. The Labute approximate surface area is 251 Å². The zero-order valence-electron chi connectivity index (χ0n) is 23.8. The summed E-state index contributed by atoms with van der Waals surface area (Å²) in [5.74, 6) is 2.09. The van der Waals surface area contributed by atoms with Crippen molar-refractivity contribution in [1.82, 2.24) is 0 Å². The summed E-state index contributed by atoms with van der Waals surface area (Å²) in [5, 5.41) is 22.4. The van der Waals surface area contributed by atoms with Gasteiger partial charge >= 0.3 is 228 Å². The molecule has 1 saturated carbocycles. The first-order valence-electron chi connectivity index (χ1n) is 13.0. The van der Waals surface area contributed by atoms with E-state index >= 15 is 0 Å². The van der Waals surface area contributed by atoms with Crippen LogP contribution >= 0.6 is 0 Å². The SMILES string of the molecule is COc1cc(C=[N+]2[Co][N+](=Cc3cc(OC)cc(C(C)(C)C)c3O)[C@@H]3CCCC[C@H]32)c(O)c(C(C)(C)C)c1.[I-]. The van der Waals surface area contributed by atoms with E-state index in [1.54, 1.807) is 14.2 Å². The van der Waals surface area contributed by atoms with E-state index in [0.29, 0.717) is 23.6 Å². The van der Waals surface area contributed by atoms with Gasteiger partial charge in [0, 0.05) is 0 Å². The third kappa shape index (κ3) is 6.33. The molecular weight excluding hydrogens is 638 g/mol. The number of aromatic hydroxyl groups is 2. The number of fused-ring (bicyclic) bond motifs is 1. The molecule has 0 aromatic heterocycles. The molecule has 2 aliphatic rings. The molecule has 2 aromatic rings. The van der Waals surface area contributed by atoms with Gasteiger partial charge in [-0.05, 0) is 0 Å². The molecule has 1 aliphatic heterocycles. The summed E-state index contributed by atoms with van der Waals surface area (Å²) in [6.07, 6.45) is 8.71. The van der Waals surface area contributed by atoms with E-state index in [0.717, 1.165) is 61.7 Å². The molecule has 0 radical (unpaired) electrons. The van der Waals surface area contributed by atoms with E-state index in [-0.39, 0.29) is 34.8 Å². The minimum Gasteiger partial charge on any atom is -1.00 e. The Morgan fingerprint density at radius 1 is 0.737 bits per heavy atom. The van der Waals surface area contributed by atoms with Crippen LogP contribution in [0.3, 0.4) is 0 Å². The molecular formula is C30H42CoIN2O4+. The molecule has 4 rings (SSSR count). The second-order valence-corrected chi connectivity index (χ2v) is 13.4. The molecule has 0 bridgehead atoms. The number of phenolic OH excluding ortho intramolecular Hbond substituents is 2. The molecule has 2 aromatic carbocycles. The molecule has 2 atom stereocenters. The molecule has 8 heteroatoms. The third-order valence-corrected chi connectivity index (χ3v) is 8.72. The van der Waals surface area contributed by atoms with Crippen LogP contribution in [0.1, 0.15) is 89.5 Å². The predicted molar refractivity (Wildman–Crippen MR) is 144 cm³/mol. The smallest absolute Gasteiger partial charge is 1.00 e. The van der Waals surface area contributed by atoms with Crippen molar-refractivity contribution in [2.24, 2.45) is 0 Å². The Balaban J connectivity index is 0.00000400. The summed E-state index contributed by atoms with van der Waals surface area (Å²) in [6.45, 7) is 12.6. The number of halogens is 1. The van der Waals surface area contributed by atoms with Gasteiger partial charge in [0.05, 0.1) is 0 Å². The van der Waals surface area contributed by atoms with E-state index in [1.807, 2.05) is 24.3 Å². The maximum atomic E-state index is 11.2. The number of hydrogen-bond acceptors (Lipinski definition) is 4. The van der Waals surface area contributed by atoms with Crippen molar-refractivity contribution in [3.05, 3.63) is 46.5 Å². The molecule has 0 spiro atoms. The van der Waals surface area contributed by atoms with Crippen LogP contribution in [-0.4, -0.2) is 56.2 Å². The third-order valence-electron chi connectivity index (χ3n) is 7.28. The van der Waals surface area contributed by atoms with Gasteiger partial charge in [0.1, 0.15) is 0 Å². The summed E-state index contributed by atoms with van der Waals surface area (Å²) >= 11 is 1.03. The van der Waals surface area contributed by atoms with Gasteiger partial charge in [-0.2, -0.15) is 0 Å². The fourth-order valence-electron chi connectivity index (χ4n) is 5.15. The minimum absolute atomic E-state index is 0. The largest absolute Gasteiger partial charge is 1.00 e. The Bertz CT molecular complexity index is 1150. The standard InChI is InChI=1S/C30H42N2O4.Co.HI/c1-29(2,3)23-15-21(35-7)13-19(27(23)33)17-31-25-11-9-10-12-26(25)32-18-20-14-22(36-8)16-24(28(20)34)30(4,5)6;;/h13-18,25-26,33-34H,9-12H2,1-8H3;;1H/q;+2;/p-1/t25-,26-;;/m1../s1. The van der Waals surface area contributed by atoms with Crippen molar-refractivity contribution in [2.75, 3.05) is 14.2 Å². The Morgan fingerprint density at radius 2 is 1.11 bits per heavy atom. The fourth-order valence-corrected chi connectivity index (χ4v) is 6.77. The second kappa shape index (κ2) is 11.8. The molecule has 1 heterocycles. The van der Waals surface area contributed by atoms with Gasteiger partial charge in [0.15, 0.2) is 0 Å². The van der Waals surface area contributed by atoms with Crippen LogP contribution in [0.2, 0.25) is 0 Å². The van der Waals surface area contributed by atoms with Crippen molar-refractivity contribution in [1.29, 1.82) is 0 Å². The topological polar surface area (TPSA) is 64.9 Å². The van der Waals surface area contributed by atoms with Crippen LogP contribution in [-0.2, 0) is 26.0 Å². The van der Waals surface area contributed by atoms with Gasteiger partial charge < -0.3 is 24.0 Å². The molecule has 1 aliphatic carbocycles. The molecule has 211 valence electrons. The van der Waals surface area contributed by atoms with Crippen molar-refractivity contribution < 1.29 is 66.0 Å². The zero-order chi connectivity index (χ0) is 27.1. The van der Waals surface area contributed by atoms with Crippen LogP contribution in [0.25, 0.3) is 0 Å². The first-order chi connectivity index (χ1) is 17.3. The first-order valence-corrected chi connectivity index (χ1v) is 14.0. The van der Waals surface area contributed by atoms with Crippen LogP contribution in [0.15, 0.2) is 24.3 Å². The number of rotatable bonds is 4. The minimum atomic E-state index is -0.217. The van der Waals surface area contributed by atoms with Crippen LogP contribution in [0, 0.1) is 0 Å². The maximum absolute atomic E-state index is 11.2. The number of nitrogens with zero attached hydrogens (tertiary/aromatic N) is 2. The van der Waals surface area contributed by atoms with Crippen molar-refractivity contribution in [2.45, 2.75) is 90.1 Å². The van der Waals surface area contributed by atoms with Gasteiger partial charge in [0.2, 0.25) is 0 Å². The summed E-state index contributed by atoms with van der Waals surface area (Å²) in [6, 6.07) is 8.32. The quantitative estimate of drug-likeness (QED) is 0.488. The molecule has 1 saturated heterocycles. The number of ether oxygens (including phenoxy) is 2. The predicted octanol–water partition coefficient (Wildman–Crippen LogP) is 2.51. The van der Waals surface area contributed by atoms with E-state index in [4.69, 9.17) is 9.47 Å². The van der Waals surface area contributed by atoms with Crippen molar-refractivity contribution in [3.63, 3.8) is 0 Å². The number of phenols is 2. The molecule has 6 nitrogen and oxygen atoms in total. The van der Waals surface area contributed by atoms with E-state index in [2.05, 4.69) is 61.2 Å². The molecule has 0 unspecified atom stereocenters. The molecule has 38 heavy (non-hydrogen) atoms. The van der Waals surface area contributed by atoms with Crippen molar-refractivity contribution in [3.8, 4) is 23.0 Å². The fraction of sp³-hybridized carbons (Fsp3) is 0.533. The van der Waals surface area contributed by atoms with Gasteiger partial charge in [-0.3, -0.25) is 0 Å². The van der Waals surface area contributed by atoms with Gasteiger partial charge in [-0.1, -0.05) is 0 Å². The average molecular weight is 681 g/mol. The Morgan fingerprint density at radius 3 is 1.42 bits per heavy atom. The van der Waals surface area contributed by atoms with Gasteiger partial charge in [0.25, 0.3) is 0 Å². The first kappa shape index (κ1) is 30.8. The summed E-state index contributed by atoms with van der Waals surface area (Å²) < 4.78 is 15.8. The van der Waals surface area contributed by atoms with Crippen LogP contribution in [0.5, 0.6) is 23.0 Å². The van der Waals surface area contributed by atoms with E-state index in [1.165, 1.54) is 12.8 Å². The monoisotopic (exact) mass is 680 g/mol. The summed E-state index contributed by atoms with van der Waals surface area (Å²) in [7, 11) is 3.33. The molecule has 2 N–H and O–H groups in total.